The molecule has 2 aromatic heterocycles. The summed E-state index contributed by atoms with van der Waals surface area (Å²) >= 11 is 0. The third-order valence-corrected chi connectivity index (χ3v) is 2.04. The van der Waals surface area contributed by atoms with Crippen molar-refractivity contribution in [1.82, 2.24) is 15.5 Å². The Morgan fingerprint density at radius 1 is 1.53 bits per heavy atom. The number of aromatic nitrogens is 2. The van der Waals surface area contributed by atoms with Gasteiger partial charge in [0.05, 0.1) is 6.54 Å². The molecule has 0 unspecified atom stereocenters. The normalized spacial score (nSPS) is 10.5. The van der Waals surface area contributed by atoms with Crippen LogP contribution >= 0.6 is 0 Å². The monoisotopic (exact) mass is 236 g/mol. The zero-order valence-electron chi connectivity index (χ0n) is 9.27. The molecule has 7 heteroatoms. The fourth-order valence-electron chi connectivity index (χ4n) is 1.26. The highest BCUT2D eigenvalue weighted by Crippen LogP contribution is 2.19. The van der Waals surface area contributed by atoms with Crippen molar-refractivity contribution >= 4 is 5.91 Å². The van der Waals surface area contributed by atoms with E-state index in [0.717, 1.165) is 0 Å². The summed E-state index contributed by atoms with van der Waals surface area (Å²) in [6.45, 7) is 2.59. The molecule has 0 atom stereocenters. The van der Waals surface area contributed by atoms with E-state index in [2.05, 4.69) is 15.5 Å². The topological polar surface area (TPSA) is 107 Å². The zero-order chi connectivity index (χ0) is 12.3. The van der Waals surface area contributed by atoms with Crippen LogP contribution in [-0.2, 0) is 6.54 Å². The van der Waals surface area contributed by atoms with Crippen molar-refractivity contribution in [3.63, 3.8) is 0 Å². The Morgan fingerprint density at radius 2 is 2.35 bits per heavy atom. The fourth-order valence-corrected chi connectivity index (χ4v) is 1.26. The molecule has 0 saturated carbocycles. The number of nitrogens with one attached hydrogen (secondary N) is 1. The molecule has 7 nitrogen and oxygen atoms in total. The summed E-state index contributed by atoms with van der Waals surface area (Å²) in [5.74, 6) is 0.762. The molecule has 0 aliphatic carbocycles. The maximum atomic E-state index is 11.4. The lowest BCUT2D eigenvalue weighted by atomic mass is 10.4. The molecule has 1 amide bonds. The molecule has 2 aromatic rings. The van der Waals surface area contributed by atoms with Gasteiger partial charge >= 0.3 is 0 Å². The van der Waals surface area contributed by atoms with Gasteiger partial charge in [0.25, 0.3) is 17.6 Å². The summed E-state index contributed by atoms with van der Waals surface area (Å²) in [4.78, 5) is 15.3. The largest absolute Gasteiger partial charge is 0.455 e. The van der Waals surface area contributed by atoms with Crippen LogP contribution in [0.4, 0.5) is 0 Å². The summed E-state index contributed by atoms with van der Waals surface area (Å²) in [6.07, 6.45) is 0. The Balaban J connectivity index is 2.20. The van der Waals surface area contributed by atoms with Crippen LogP contribution in [0.3, 0.4) is 0 Å². The van der Waals surface area contributed by atoms with Gasteiger partial charge in [0.2, 0.25) is 0 Å². The molecule has 90 valence electrons. The van der Waals surface area contributed by atoms with Crippen LogP contribution in [0.25, 0.3) is 11.7 Å². The van der Waals surface area contributed by atoms with Gasteiger partial charge in [-0.15, -0.1) is 0 Å². The average Bonchev–Trinajstić information content (AvgIpc) is 2.98. The van der Waals surface area contributed by atoms with Crippen molar-refractivity contribution < 1.29 is 13.7 Å². The molecule has 0 aliphatic heterocycles. The Labute approximate surface area is 97.0 Å². The number of hydrogen-bond acceptors (Lipinski definition) is 6. The van der Waals surface area contributed by atoms with Crippen molar-refractivity contribution in [1.29, 1.82) is 0 Å². The van der Waals surface area contributed by atoms with Crippen molar-refractivity contribution in [3.05, 3.63) is 23.7 Å². The van der Waals surface area contributed by atoms with E-state index in [1.54, 1.807) is 19.1 Å². The number of carbonyl (C=O) groups is 1. The second-order valence-electron chi connectivity index (χ2n) is 3.25. The van der Waals surface area contributed by atoms with Crippen LogP contribution in [0.1, 0.15) is 23.3 Å². The second-order valence-corrected chi connectivity index (χ2v) is 3.25. The number of nitrogens with two attached hydrogens (primary N) is 1. The quantitative estimate of drug-likeness (QED) is 0.802. The highest BCUT2D eigenvalue weighted by atomic mass is 16.5. The molecular formula is C10H12N4O3. The molecule has 0 aromatic carbocycles. The minimum absolute atomic E-state index is 0.0208. The van der Waals surface area contributed by atoms with Crippen molar-refractivity contribution in [3.8, 4) is 11.7 Å². The molecule has 3 N–H and O–H groups in total. The fraction of sp³-hybridized carbons (Fsp3) is 0.300. The highest BCUT2D eigenvalue weighted by molar-refractivity contribution is 5.90. The summed E-state index contributed by atoms with van der Waals surface area (Å²) in [5.41, 5.74) is 5.41. The van der Waals surface area contributed by atoms with Gasteiger partial charge in [-0.3, -0.25) is 4.79 Å². The Bertz CT molecular complexity index is 517. The molecule has 0 fully saturated rings. The first-order chi connectivity index (χ1) is 8.24. The number of amides is 1. The van der Waals surface area contributed by atoms with Gasteiger partial charge < -0.3 is 20.0 Å². The van der Waals surface area contributed by atoms with E-state index in [0.29, 0.717) is 18.1 Å². The Kier molecular flexibility index (Phi) is 3.20. The third kappa shape index (κ3) is 2.34. The molecule has 0 spiro atoms. The first kappa shape index (κ1) is 11.3. The second kappa shape index (κ2) is 4.79. The lowest BCUT2D eigenvalue weighted by molar-refractivity contribution is 0.0942. The van der Waals surface area contributed by atoms with Gasteiger partial charge in [-0.05, 0) is 19.1 Å². The van der Waals surface area contributed by atoms with Crippen LogP contribution in [0, 0.1) is 0 Å². The molecule has 0 aliphatic rings. The minimum atomic E-state index is -0.381. The number of furan rings is 1. The van der Waals surface area contributed by atoms with Gasteiger partial charge in [-0.2, -0.15) is 4.98 Å². The van der Waals surface area contributed by atoms with Crippen LogP contribution in [0.2, 0.25) is 0 Å². The van der Waals surface area contributed by atoms with Gasteiger partial charge in [0.1, 0.15) is 5.76 Å². The van der Waals surface area contributed by atoms with Crippen molar-refractivity contribution in [2.45, 2.75) is 13.5 Å². The first-order valence-electron chi connectivity index (χ1n) is 5.15. The maximum absolute atomic E-state index is 11.4. The van der Waals surface area contributed by atoms with E-state index >= 15 is 0 Å². The van der Waals surface area contributed by atoms with E-state index in [1.165, 1.54) is 0 Å². The van der Waals surface area contributed by atoms with Gasteiger partial charge in [0, 0.05) is 6.54 Å². The van der Waals surface area contributed by atoms with Crippen LogP contribution < -0.4 is 11.1 Å². The smallest absolute Gasteiger partial charge is 0.294 e. The van der Waals surface area contributed by atoms with Gasteiger partial charge in [-0.1, -0.05) is 5.16 Å². The average molecular weight is 236 g/mol. The molecule has 2 rings (SSSR count). The van der Waals surface area contributed by atoms with Crippen LogP contribution in [0.5, 0.6) is 0 Å². The number of rotatable bonds is 4. The molecule has 2 heterocycles. The predicted octanol–water partition coefficient (Wildman–Crippen LogP) is 0.538. The van der Waals surface area contributed by atoms with E-state index in [9.17, 15) is 4.79 Å². The Morgan fingerprint density at radius 3 is 3.00 bits per heavy atom. The van der Waals surface area contributed by atoms with Crippen LogP contribution in [0.15, 0.2) is 21.1 Å². The van der Waals surface area contributed by atoms with Crippen molar-refractivity contribution in [2.75, 3.05) is 6.54 Å². The lowest BCUT2D eigenvalue weighted by Gasteiger charge is -1.93. The van der Waals surface area contributed by atoms with E-state index in [1.807, 2.05) is 0 Å². The predicted molar refractivity (Wildman–Crippen MR) is 57.9 cm³/mol. The highest BCUT2D eigenvalue weighted by Gasteiger charge is 2.16. The first-order valence-corrected chi connectivity index (χ1v) is 5.15. The molecule has 0 saturated heterocycles. The third-order valence-electron chi connectivity index (χ3n) is 2.04. The van der Waals surface area contributed by atoms with E-state index in [4.69, 9.17) is 14.7 Å². The summed E-state index contributed by atoms with van der Waals surface area (Å²) < 4.78 is 10.2. The van der Waals surface area contributed by atoms with E-state index in [-0.39, 0.29) is 24.2 Å². The number of carbonyl (C=O) groups excluding carboxylic acids is 1. The molecule has 0 radical (unpaired) electrons. The van der Waals surface area contributed by atoms with Crippen LogP contribution in [-0.4, -0.2) is 22.6 Å². The van der Waals surface area contributed by atoms with Crippen molar-refractivity contribution in [2.24, 2.45) is 5.73 Å². The summed E-state index contributed by atoms with van der Waals surface area (Å²) in [6, 6.07) is 3.38. The zero-order valence-corrected chi connectivity index (χ0v) is 9.27. The number of nitrogens with zero attached hydrogens (tertiary/aromatic N) is 2. The Hall–Kier alpha value is -2.15. The molecule has 17 heavy (non-hydrogen) atoms. The maximum Gasteiger partial charge on any atom is 0.294 e. The summed E-state index contributed by atoms with van der Waals surface area (Å²) in [5, 5.41) is 6.13. The molecule has 0 bridgehead atoms. The van der Waals surface area contributed by atoms with Gasteiger partial charge in [0.15, 0.2) is 5.76 Å². The minimum Gasteiger partial charge on any atom is -0.455 e. The SMILES string of the molecule is CCNC(=O)c1noc(-c2ccc(CN)o2)n1. The standard InChI is InChI=1S/C10H12N4O3/c1-2-12-9(15)8-13-10(17-14-8)7-4-3-6(5-11)16-7/h3-4H,2,5,11H2,1H3,(H,12,15). The van der Waals surface area contributed by atoms with E-state index < -0.39 is 0 Å². The summed E-state index contributed by atoms with van der Waals surface area (Å²) in [7, 11) is 0. The lowest BCUT2D eigenvalue weighted by Crippen LogP contribution is -2.23. The van der Waals surface area contributed by atoms with Gasteiger partial charge in [-0.25, -0.2) is 0 Å². The molecular weight excluding hydrogens is 224 g/mol. The number of hydrogen-bond donors (Lipinski definition) is 2.